The van der Waals surface area contributed by atoms with Gasteiger partial charge in [-0.15, -0.1) is 0 Å². The number of carbonyl (C=O) groups is 2. The van der Waals surface area contributed by atoms with Gasteiger partial charge in [0.15, 0.2) is 0 Å². The molecule has 310 valence electrons. The Morgan fingerprint density at radius 1 is 0.481 bits per heavy atom. The Bertz CT molecular complexity index is 721. The lowest BCUT2D eigenvalue weighted by Gasteiger charge is -2.22. The highest BCUT2D eigenvalue weighted by Crippen LogP contribution is 2.18. The van der Waals surface area contributed by atoms with E-state index in [4.69, 9.17) is 15.3 Å². The molecule has 0 spiro atoms. The summed E-state index contributed by atoms with van der Waals surface area (Å²) in [6.45, 7) is 11.6. The number of hydrazine groups is 1. The molecule has 0 atom stereocenters. The van der Waals surface area contributed by atoms with Crippen LogP contribution in [0.5, 0.6) is 0 Å². The molecule has 7 heteroatoms. The summed E-state index contributed by atoms with van der Waals surface area (Å²) in [6, 6.07) is 0. The molecule has 0 amide bonds. The van der Waals surface area contributed by atoms with Crippen LogP contribution in [0, 0.1) is 0 Å². The third kappa shape index (κ3) is 38.5. The number of hydrogen-bond donors (Lipinski definition) is 2. The van der Waals surface area contributed by atoms with Gasteiger partial charge < -0.3 is 14.4 Å². The van der Waals surface area contributed by atoms with Crippen LogP contribution >= 0.6 is 0 Å². The fraction of sp³-hybridized carbons (Fsp3) is 0.956. The molecule has 0 aliphatic heterocycles. The second-order valence-electron chi connectivity index (χ2n) is 15.8. The molecule has 52 heavy (non-hydrogen) atoms. The molecule has 3 N–H and O–H groups in total. The SMILES string of the molecule is CCCCCCCCCOC(=O)CCCCCCCN(CCCCCCCC(=O)OC(CCCCCCCC)CCCCCCCC)CCCNN. The van der Waals surface area contributed by atoms with Crippen LogP contribution in [0.1, 0.15) is 239 Å². The molecule has 0 aromatic rings. The number of nitrogens with zero attached hydrogens (tertiary/aromatic N) is 1. The molecule has 0 aromatic carbocycles. The van der Waals surface area contributed by atoms with Gasteiger partial charge in [-0.2, -0.15) is 0 Å². The first-order valence-corrected chi connectivity index (χ1v) is 23.1. The van der Waals surface area contributed by atoms with E-state index in [1.165, 1.54) is 154 Å². The van der Waals surface area contributed by atoms with Crippen molar-refractivity contribution in [2.24, 2.45) is 5.84 Å². The van der Waals surface area contributed by atoms with Gasteiger partial charge in [0.2, 0.25) is 0 Å². The van der Waals surface area contributed by atoms with Crippen molar-refractivity contribution in [2.75, 3.05) is 32.8 Å². The van der Waals surface area contributed by atoms with Gasteiger partial charge >= 0.3 is 11.9 Å². The third-order valence-electron chi connectivity index (χ3n) is 10.6. The van der Waals surface area contributed by atoms with Crippen LogP contribution in [0.3, 0.4) is 0 Å². The monoisotopic (exact) mass is 738 g/mol. The summed E-state index contributed by atoms with van der Waals surface area (Å²) in [5.41, 5.74) is 2.80. The average Bonchev–Trinajstić information content (AvgIpc) is 3.14. The molecule has 0 aliphatic rings. The lowest BCUT2D eigenvalue weighted by atomic mass is 10.0. The van der Waals surface area contributed by atoms with E-state index in [2.05, 4.69) is 31.1 Å². The van der Waals surface area contributed by atoms with Crippen molar-refractivity contribution in [2.45, 2.75) is 245 Å². The molecule has 0 aromatic heterocycles. The quantitative estimate of drug-likeness (QED) is 0.0278. The number of rotatable bonds is 43. The smallest absolute Gasteiger partial charge is 0.306 e. The number of unbranched alkanes of at least 4 members (excludes halogenated alkanes) is 24. The number of hydrogen-bond acceptors (Lipinski definition) is 7. The highest BCUT2D eigenvalue weighted by Gasteiger charge is 2.14. The summed E-state index contributed by atoms with van der Waals surface area (Å²) < 4.78 is 11.5. The maximum atomic E-state index is 12.7. The fourth-order valence-corrected chi connectivity index (χ4v) is 7.14. The van der Waals surface area contributed by atoms with E-state index in [0.29, 0.717) is 19.4 Å². The molecule has 0 bridgehead atoms. The van der Waals surface area contributed by atoms with E-state index in [9.17, 15) is 9.59 Å². The summed E-state index contributed by atoms with van der Waals surface area (Å²) in [6.07, 6.45) is 39.9. The van der Waals surface area contributed by atoms with Gasteiger partial charge in [-0.3, -0.25) is 20.9 Å². The van der Waals surface area contributed by atoms with Crippen molar-refractivity contribution >= 4 is 11.9 Å². The topological polar surface area (TPSA) is 93.9 Å². The Labute approximate surface area is 324 Å². The highest BCUT2D eigenvalue weighted by atomic mass is 16.5. The van der Waals surface area contributed by atoms with Gasteiger partial charge in [-0.25, -0.2) is 0 Å². The predicted molar refractivity (Wildman–Crippen MR) is 223 cm³/mol. The maximum Gasteiger partial charge on any atom is 0.306 e. The lowest BCUT2D eigenvalue weighted by Crippen LogP contribution is -2.31. The molecule has 0 heterocycles. The normalized spacial score (nSPS) is 11.6. The van der Waals surface area contributed by atoms with Gasteiger partial charge in [0, 0.05) is 19.4 Å². The van der Waals surface area contributed by atoms with E-state index in [1.807, 2.05) is 0 Å². The second-order valence-corrected chi connectivity index (χ2v) is 15.8. The lowest BCUT2D eigenvalue weighted by molar-refractivity contribution is -0.150. The average molecular weight is 738 g/mol. The van der Waals surface area contributed by atoms with E-state index < -0.39 is 0 Å². The Kier molecular flexibility index (Phi) is 41.6. The molecule has 0 saturated heterocycles. The highest BCUT2D eigenvalue weighted by molar-refractivity contribution is 5.69. The summed E-state index contributed by atoms with van der Waals surface area (Å²) in [4.78, 5) is 27.4. The summed E-state index contributed by atoms with van der Waals surface area (Å²) in [5, 5.41) is 0. The van der Waals surface area contributed by atoms with Gasteiger partial charge in [-0.1, -0.05) is 162 Å². The van der Waals surface area contributed by atoms with Crippen molar-refractivity contribution in [1.82, 2.24) is 10.3 Å². The first-order valence-electron chi connectivity index (χ1n) is 23.1. The van der Waals surface area contributed by atoms with Crippen molar-refractivity contribution in [3.05, 3.63) is 0 Å². The number of nitrogens with one attached hydrogen (secondary N) is 1. The zero-order valence-corrected chi connectivity index (χ0v) is 35.3. The zero-order valence-electron chi connectivity index (χ0n) is 35.3. The Morgan fingerprint density at radius 3 is 1.35 bits per heavy atom. The molecule has 0 aliphatic carbocycles. The standard InChI is InChI=1S/C45H91N3O4/c1-4-7-10-13-16-25-32-42-51-44(49)36-28-21-17-23-30-39-48(41-33-38-47-46)40-31-24-18-22-29-37-45(50)52-43(34-26-19-14-11-8-5-2)35-27-20-15-12-9-6-3/h43,47H,4-42,46H2,1-3H3. The van der Waals surface area contributed by atoms with Crippen LogP contribution < -0.4 is 11.3 Å². The van der Waals surface area contributed by atoms with E-state index in [0.717, 1.165) is 77.5 Å². The fourth-order valence-electron chi connectivity index (χ4n) is 7.14. The number of carbonyl (C=O) groups excluding carboxylic acids is 2. The Morgan fingerprint density at radius 2 is 0.865 bits per heavy atom. The molecule has 0 radical (unpaired) electrons. The van der Waals surface area contributed by atoms with Crippen molar-refractivity contribution in [3.8, 4) is 0 Å². The first kappa shape index (κ1) is 50.8. The molecule has 7 nitrogen and oxygen atoms in total. The predicted octanol–water partition coefficient (Wildman–Crippen LogP) is 12.5. The molecular formula is C45H91N3O4. The number of ether oxygens (including phenoxy) is 2. The van der Waals surface area contributed by atoms with Gasteiger partial charge in [-0.05, 0) is 83.8 Å². The summed E-state index contributed by atoms with van der Waals surface area (Å²) in [5.74, 6) is 5.54. The zero-order chi connectivity index (χ0) is 38.0. The molecular weight excluding hydrogens is 647 g/mol. The van der Waals surface area contributed by atoms with E-state index >= 15 is 0 Å². The van der Waals surface area contributed by atoms with Crippen LogP contribution in [-0.2, 0) is 19.1 Å². The molecule has 0 rings (SSSR count). The Hall–Kier alpha value is -1.18. The minimum atomic E-state index is -0.0168. The minimum absolute atomic E-state index is 0.0168. The van der Waals surface area contributed by atoms with Gasteiger partial charge in [0.1, 0.15) is 6.10 Å². The van der Waals surface area contributed by atoms with Gasteiger partial charge in [0.25, 0.3) is 0 Å². The van der Waals surface area contributed by atoms with Crippen LogP contribution in [0.15, 0.2) is 0 Å². The first-order chi connectivity index (χ1) is 25.6. The number of nitrogens with two attached hydrogens (primary N) is 1. The largest absolute Gasteiger partial charge is 0.466 e. The van der Waals surface area contributed by atoms with E-state index in [1.54, 1.807) is 0 Å². The maximum absolute atomic E-state index is 12.7. The summed E-state index contributed by atoms with van der Waals surface area (Å²) in [7, 11) is 0. The second kappa shape index (κ2) is 42.6. The van der Waals surface area contributed by atoms with Gasteiger partial charge in [0.05, 0.1) is 6.61 Å². The number of esters is 2. The van der Waals surface area contributed by atoms with Crippen molar-refractivity contribution < 1.29 is 19.1 Å². The van der Waals surface area contributed by atoms with Crippen LogP contribution in [-0.4, -0.2) is 55.7 Å². The summed E-state index contributed by atoms with van der Waals surface area (Å²) >= 11 is 0. The van der Waals surface area contributed by atoms with Crippen molar-refractivity contribution in [1.29, 1.82) is 0 Å². The van der Waals surface area contributed by atoms with Crippen LogP contribution in [0.25, 0.3) is 0 Å². The van der Waals surface area contributed by atoms with E-state index in [-0.39, 0.29) is 18.0 Å². The molecule has 0 unspecified atom stereocenters. The van der Waals surface area contributed by atoms with Crippen LogP contribution in [0.2, 0.25) is 0 Å². The molecule has 0 saturated carbocycles. The Balaban J connectivity index is 4.09. The van der Waals surface area contributed by atoms with Crippen LogP contribution in [0.4, 0.5) is 0 Å². The molecule has 0 fully saturated rings. The minimum Gasteiger partial charge on any atom is -0.466 e. The third-order valence-corrected chi connectivity index (χ3v) is 10.6. The van der Waals surface area contributed by atoms with Crippen molar-refractivity contribution in [3.63, 3.8) is 0 Å².